The van der Waals surface area contributed by atoms with Crippen molar-refractivity contribution >= 4 is 41.2 Å². The molecule has 1 aromatic carbocycles. The van der Waals surface area contributed by atoms with Gasteiger partial charge in [-0.3, -0.25) is 9.59 Å². The lowest BCUT2D eigenvalue weighted by Gasteiger charge is -2.37. The molecule has 1 saturated carbocycles. The highest BCUT2D eigenvalue weighted by molar-refractivity contribution is 6.43. The van der Waals surface area contributed by atoms with Crippen LogP contribution in [0.3, 0.4) is 0 Å². The number of nitrogens with zero attached hydrogens (tertiary/aromatic N) is 3. The van der Waals surface area contributed by atoms with Crippen molar-refractivity contribution in [2.45, 2.75) is 26.7 Å². The first-order valence-electron chi connectivity index (χ1n) is 10.1. The third-order valence-electron chi connectivity index (χ3n) is 6.69. The molecule has 0 spiro atoms. The lowest BCUT2D eigenvalue weighted by molar-refractivity contribution is -0.140. The highest BCUT2D eigenvalue weighted by Crippen LogP contribution is 2.49. The fourth-order valence-corrected chi connectivity index (χ4v) is 5.63. The molecule has 1 saturated heterocycles. The summed E-state index contributed by atoms with van der Waals surface area (Å²) in [7, 11) is 0. The Balaban J connectivity index is 1.47. The average molecular weight is 442 g/mol. The van der Waals surface area contributed by atoms with Crippen LogP contribution in [0.5, 0.6) is 0 Å². The van der Waals surface area contributed by atoms with E-state index in [-0.39, 0.29) is 35.5 Å². The molecule has 2 bridgehead atoms. The minimum Gasteiger partial charge on any atom is -0.316 e. The van der Waals surface area contributed by atoms with E-state index < -0.39 is 0 Å². The number of hydrogen-bond donors (Lipinski definition) is 0. The van der Waals surface area contributed by atoms with Gasteiger partial charge in [-0.05, 0) is 56.7 Å². The van der Waals surface area contributed by atoms with Gasteiger partial charge >= 0.3 is 0 Å². The van der Waals surface area contributed by atoms with E-state index >= 15 is 0 Å². The van der Waals surface area contributed by atoms with Crippen molar-refractivity contribution in [1.82, 2.24) is 9.58 Å². The van der Waals surface area contributed by atoms with Crippen LogP contribution in [-0.4, -0.2) is 27.6 Å². The van der Waals surface area contributed by atoms with Crippen molar-refractivity contribution in [1.29, 1.82) is 0 Å². The zero-order valence-corrected chi connectivity index (χ0v) is 18.2. The van der Waals surface area contributed by atoms with E-state index in [2.05, 4.69) is 17.3 Å². The molecule has 0 radical (unpaired) electrons. The number of aromatic nitrogens is 1. The maximum Gasteiger partial charge on any atom is 0.254 e. The summed E-state index contributed by atoms with van der Waals surface area (Å²) in [5.41, 5.74) is 3.45. The first-order chi connectivity index (χ1) is 14.4. The highest BCUT2D eigenvalue weighted by atomic mass is 35.5. The maximum atomic E-state index is 12.9. The molecule has 2 heterocycles. The predicted molar refractivity (Wildman–Crippen MR) is 117 cm³/mol. The van der Waals surface area contributed by atoms with Gasteiger partial charge in [0.25, 0.3) is 11.8 Å². The lowest BCUT2D eigenvalue weighted by atomic mass is 9.63. The second kappa shape index (κ2) is 7.10. The summed E-state index contributed by atoms with van der Waals surface area (Å²) in [4.78, 5) is 25.9. The molecule has 6 rings (SSSR count). The van der Waals surface area contributed by atoms with Crippen molar-refractivity contribution in [3.05, 3.63) is 63.4 Å². The van der Waals surface area contributed by atoms with Crippen LogP contribution in [0.4, 0.5) is 0 Å². The number of carbonyl (C=O) groups is 2. The van der Waals surface area contributed by atoms with Gasteiger partial charge in [0.2, 0.25) is 0 Å². The Bertz CT molecular complexity index is 1100. The summed E-state index contributed by atoms with van der Waals surface area (Å²) in [6.07, 6.45) is 7.76. The predicted octanol–water partition coefficient (Wildman–Crippen LogP) is 4.93. The number of benzene rings is 1. The van der Waals surface area contributed by atoms with E-state index in [0.29, 0.717) is 10.0 Å². The number of aryl methyl sites for hydroxylation is 1. The minimum absolute atomic E-state index is 0.159. The van der Waals surface area contributed by atoms with Crippen LogP contribution in [-0.2, 0) is 9.59 Å². The Kier molecular flexibility index (Phi) is 4.64. The largest absolute Gasteiger partial charge is 0.316 e. The topological polar surface area (TPSA) is 54.7 Å². The van der Waals surface area contributed by atoms with Crippen LogP contribution in [0.15, 0.2) is 41.5 Å². The van der Waals surface area contributed by atoms with E-state index in [1.807, 2.05) is 36.6 Å². The lowest BCUT2D eigenvalue weighted by Crippen LogP contribution is -2.38. The number of carbonyl (C=O) groups excluding carboxylic acids is 2. The molecule has 5 nitrogen and oxygen atoms in total. The minimum atomic E-state index is -0.254. The molecule has 154 valence electrons. The Hall–Kier alpha value is -2.37. The second-order valence-electron chi connectivity index (χ2n) is 8.31. The fraction of sp³-hybridized carbons (Fsp3) is 0.348. The van der Waals surface area contributed by atoms with Crippen molar-refractivity contribution in [2.75, 3.05) is 0 Å². The van der Waals surface area contributed by atoms with Crippen molar-refractivity contribution < 1.29 is 9.59 Å². The number of hydrazone groups is 1. The standard InChI is InChI=1S/C23H21Cl2N3O2/c1-12-10-16(13(2)27(12)18-5-3-4-17(24)21(18)25)11-26-28-22(29)19-14-6-7-15(9-8-14)20(19)23(28)30/h3-7,10-11,14-15,19-20H,8-9H2,1-2H3/b26-11-/t14-,15-,19-,20-/m0/s1. The molecule has 3 aliphatic carbocycles. The van der Waals surface area contributed by atoms with E-state index in [1.165, 1.54) is 0 Å². The van der Waals surface area contributed by atoms with Crippen molar-refractivity contribution in [3.8, 4) is 5.69 Å². The normalized spacial score (nSPS) is 27.5. The molecule has 2 amide bonds. The fourth-order valence-electron chi connectivity index (χ4n) is 5.25. The van der Waals surface area contributed by atoms with Crippen LogP contribution in [0.1, 0.15) is 29.8 Å². The molecule has 1 aliphatic heterocycles. The van der Waals surface area contributed by atoms with Gasteiger partial charge < -0.3 is 4.57 Å². The Morgan fingerprint density at radius 3 is 2.27 bits per heavy atom. The highest BCUT2D eigenvalue weighted by Gasteiger charge is 2.56. The molecule has 4 atom stereocenters. The van der Waals surface area contributed by atoms with Gasteiger partial charge in [-0.2, -0.15) is 10.1 Å². The summed E-state index contributed by atoms with van der Waals surface area (Å²) in [6.45, 7) is 3.91. The number of halogens is 2. The Morgan fingerprint density at radius 1 is 1.03 bits per heavy atom. The van der Waals surface area contributed by atoms with E-state index in [0.717, 1.165) is 40.5 Å². The molecule has 7 heteroatoms. The maximum absolute atomic E-state index is 12.9. The SMILES string of the molecule is Cc1cc(/C=N\N2C(=O)[C@@H]3[C@@H](C2=O)[C@H]2C=C[C@H]3CC2)c(C)n1-c1cccc(Cl)c1Cl. The van der Waals surface area contributed by atoms with Gasteiger partial charge in [0.15, 0.2) is 0 Å². The Morgan fingerprint density at radius 2 is 1.67 bits per heavy atom. The number of fused-ring (bicyclic) bond motifs is 1. The quantitative estimate of drug-likeness (QED) is 0.385. The number of rotatable bonds is 3. The van der Waals surface area contributed by atoms with Crippen LogP contribution in [0.2, 0.25) is 10.0 Å². The number of amides is 2. The number of imide groups is 1. The van der Waals surface area contributed by atoms with Gasteiger partial charge in [0.1, 0.15) is 0 Å². The number of hydrogen-bond acceptors (Lipinski definition) is 3. The monoisotopic (exact) mass is 441 g/mol. The molecule has 1 aromatic heterocycles. The van der Waals surface area contributed by atoms with E-state index in [1.54, 1.807) is 12.3 Å². The summed E-state index contributed by atoms with van der Waals surface area (Å²) < 4.78 is 1.99. The molecule has 0 N–H and O–H groups in total. The van der Waals surface area contributed by atoms with Crippen LogP contribution in [0.25, 0.3) is 5.69 Å². The van der Waals surface area contributed by atoms with E-state index in [4.69, 9.17) is 23.2 Å². The smallest absolute Gasteiger partial charge is 0.254 e. The second-order valence-corrected chi connectivity index (χ2v) is 9.09. The molecular weight excluding hydrogens is 421 g/mol. The van der Waals surface area contributed by atoms with Crippen molar-refractivity contribution in [3.63, 3.8) is 0 Å². The molecule has 30 heavy (non-hydrogen) atoms. The van der Waals surface area contributed by atoms with Crippen molar-refractivity contribution in [2.24, 2.45) is 28.8 Å². The van der Waals surface area contributed by atoms with Gasteiger partial charge in [-0.15, -0.1) is 0 Å². The zero-order chi connectivity index (χ0) is 21.2. The first-order valence-corrected chi connectivity index (χ1v) is 10.9. The Labute approximate surface area is 184 Å². The summed E-state index contributed by atoms with van der Waals surface area (Å²) in [5.74, 6) is -0.537. The number of allylic oxidation sites excluding steroid dienone is 2. The molecule has 4 aliphatic rings. The van der Waals surface area contributed by atoms with Crippen LogP contribution in [0, 0.1) is 37.5 Å². The molecular formula is C23H21Cl2N3O2. The molecule has 2 fully saturated rings. The zero-order valence-electron chi connectivity index (χ0n) is 16.7. The summed E-state index contributed by atoms with van der Waals surface area (Å²) in [5, 5.41) is 6.38. The third kappa shape index (κ3) is 2.79. The van der Waals surface area contributed by atoms with Gasteiger partial charge in [-0.1, -0.05) is 41.4 Å². The van der Waals surface area contributed by atoms with Gasteiger partial charge in [0, 0.05) is 17.0 Å². The summed E-state index contributed by atoms with van der Waals surface area (Å²) in [6, 6.07) is 7.45. The van der Waals surface area contributed by atoms with Crippen LogP contribution >= 0.6 is 23.2 Å². The van der Waals surface area contributed by atoms with Gasteiger partial charge in [-0.25, -0.2) is 0 Å². The molecule has 0 unspecified atom stereocenters. The van der Waals surface area contributed by atoms with Crippen LogP contribution < -0.4 is 0 Å². The van der Waals surface area contributed by atoms with Gasteiger partial charge in [0.05, 0.1) is 33.8 Å². The average Bonchev–Trinajstić information content (AvgIpc) is 3.17. The third-order valence-corrected chi connectivity index (χ3v) is 7.50. The first kappa shape index (κ1) is 19.6. The summed E-state index contributed by atoms with van der Waals surface area (Å²) >= 11 is 12.6. The van der Waals surface area contributed by atoms with E-state index in [9.17, 15) is 9.59 Å². The molecule has 2 aromatic rings.